The Morgan fingerprint density at radius 1 is 1.00 bits per heavy atom. The summed E-state index contributed by atoms with van der Waals surface area (Å²) in [5, 5.41) is 4.90. The van der Waals surface area contributed by atoms with Crippen LogP contribution < -0.4 is 19.6 Å². The highest BCUT2D eigenvalue weighted by Gasteiger charge is 2.12. The Balaban J connectivity index is 2.20. The first-order valence-electron chi connectivity index (χ1n) is 6.94. The Morgan fingerprint density at radius 3 is 2.17 bits per heavy atom. The highest BCUT2D eigenvalue weighted by Crippen LogP contribution is 2.37. The Labute approximate surface area is 140 Å². The second-order valence-corrected chi connectivity index (χ2v) is 5.20. The number of hydrogen-bond donors (Lipinski definition) is 1. The normalized spacial score (nSPS) is 10.7. The van der Waals surface area contributed by atoms with Gasteiger partial charge in [0, 0.05) is 10.6 Å². The molecule has 23 heavy (non-hydrogen) atoms. The van der Waals surface area contributed by atoms with E-state index in [1.807, 2.05) is 37.3 Å². The third-order valence-corrected chi connectivity index (χ3v) is 3.67. The molecule has 1 N–H and O–H groups in total. The highest BCUT2D eigenvalue weighted by atomic mass is 35.5. The SMILES string of the molecule is COc1cc(/C=N/Nc2ccc(C)c(Cl)c2)cc(OC)c1OC. The van der Waals surface area contributed by atoms with Crippen molar-refractivity contribution < 1.29 is 14.2 Å². The molecule has 0 spiro atoms. The van der Waals surface area contributed by atoms with Gasteiger partial charge in [-0.3, -0.25) is 5.43 Å². The lowest BCUT2D eigenvalue weighted by Crippen LogP contribution is -1.97. The van der Waals surface area contributed by atoms with E-state index < -0.39 is 0 Å². The van der Waals surface area contributed by atoms with Gasteiger partial charge < -0.3 is 14.2 Å². The molecule has 0 aliphatic heterocycles. The molecule has 0 aliphatic carbocycles. The first kappa shape index (κ1) is 17.0. The van der Waals surface area contributed by atoms with Gasteiger partial charge >= 0.3 is 0 Å². The average molecular weight is 335 g/mol. The number of halogens is 1. The Morgan fingerprint density at radius 2 is 1.65 bits per heavy atom. The van der Waals surface area contributed by atoms with Crippen LogP contribution in [-0.2, 0) is 0 Å². The van der Waals surface area contributed by atoms with Crippen molar-refractivity contribution >= 4 is 23.5 Å². The molecule has 0 heterocycles. The van der Waals surface area contributed by atoms with Gasteiger partial charge in [-0.1, -0.05) is 17.7 Å². The molecule has 0 fully saturated rings. The molecule has 2 rings (SSSR count). The predicted molar refractivity (Wildman–Crippen MR) is 93.5 cm³/mol. The van der Waals surface area contributed by atoms with Crippen LogP contribution in [0.4, 0.5) is 5.69 Å². The Kier molecular flexibility index (Phi) is 5.71. The van der Waals surface area contributed by atoms with Gasteiger partial charge in [-0.15, -0.1) is 0 Å². The molecule has 6 heteroatoms. The van der Waals surface area contributed by atoms with E-state index in [0.29, 0.717) is 22.3 Å². The summed E-state index contributed by atoms with van der Waals surface area (Å²) in [5.74, 6) is 1.70. The van der Waals surface area contributed by atoms with Gasteiger partial charge in [0.1, 0.15) is 0 Å². The molecule has 0 unspecified atom stereocenters. The molecule has 0 aliphatic rings. The zero-order chi connectivity index (χ0) is 16.8. The van der Waals surface area contributed by atoms with Gasteiger partial charge in [-0.25, -0.2) is 0 Å². The fourth-order valence-electron chi connectivity index (χ4n) is 2.02. The molecule has 0 atom stereocenters. The van der Waals surface area contributed by atoms with Crippen LogP contribution in [0.3, 0.4) is 0 Å². The molecule has 0 saturated heterocycles. The Bertz CT molecular complexity index is 692. The summed E-state index contributed by atoms with van der Waals surface area (Å²) in [6.07, 6.45) is 1.66. The number of nitrogens with one attached hydrogen (secondary N) is 1. The summed E-state index contributed by atoms with van der Waals surface area (Å²) in [6.45, 7) is 1.95. The molecular formula is C17H19ClN2O3. The minimum atomic E-state index is 0.547. The summed E-state index contributed by atoms with van der Waals surface area (Å²) in [4.78, 5) is 0. The predicted octanol–water partition coefficient (Wildman–Crippen LogP) is 4.12. The van der Waals surface area contributed by atoms with Gasteiger partial charge in [0.2, 0.25) is 5.75 Å². The zero-order valence-electron chi connectivity index (χ0n) is 13.5. The lowest BCUT2D eigenvalue weighted by atomic mass is 10.2. The van der Waals surface area contributed by atoms with Crippen LogP contribution in [0.25, 0.3) is 0 Å². The van der Waals surface area contributed by atoms with Gasteiger partial charge in [0.15, 0.2) is 11.5 Å². The van der Waals surface area contributed by atoms with Crippen molar-refractivity contribution in [2.45, 2.75) is 6.92 Å². The fourth-order valence-corrected chi connectivity index (χ4v) is 2.20. The summed E-state index contributed by atoms with van der Waals surface area (Å²) in [6, 6.07) is 9.29. The number of nitrogens with zero attached hydrogens (tertiary/aromatic N) is 1. The zero-order valence-corrected chi connectivity index (χ0v) is 14.3. The smallest absolute Gasteiger partial charge is 0.203 e. The van der Waals surface area contributed by atoms with Crippen LogP contribution in [0.1, 0.15) is 11.1 Å². The number of hydrogen-bond acceptors (Lipinski definition) is 5. The number of rotatable bonds is 6. The van der Waals surface area contributed by atoms with Crippen LogP contribution in [-0.4, -0.2) is 27.5 Å². The van der Waals surface area contributed by atoms with E-state index in [9.17, 15) is 0 Å². The number of ether oxygens (including phenoxy) is 3. The molecule has 0 aromatic heterocycles. The number of hydrazone groups is 1. The quantitative estimate of drug-likeness (QED) is 0.637. The first-order valence-corrected chi connectivity index (χ1v) is 7.32. The first-order chi connectivity index (χ1) is 11.1. The summed E-state index contributed by atoms with van der Waals surface area (Å²) in [5.41, 5.74) is 5.58. The van der Waals surface area contributed by atoms with E-state index in [1.54, 1.807) is 27.5 Å². The van der Waals surface area contributed by atoms with Gasteiger partial charge in [-0.2, -0.15) is 5.10 Å². The molecule has 0 amide bonds. The van der Waals surface area contributed by atoms with E-state index in [0.717, 1.165) is 16.8 Å². The minimum Gasteiger partial charge on any atom is -0.493 e. The monoisotopic (exact) mass is 334 g/mol. The topological polar surface area (TPSA) is 52.1 Å². The summed E-state index contributed by atoms with van der Waals surface area (Å²) < 4.78 is 15.9. The van der Waals surface area contributed by atoms with Crippen molar-refractivity contribution in [2.24, 2.45) is 5.10 Å². The maximum absolute atomic E-state index is 6.08. The van der Waals surface area contributed by atoms with E-state index in [2.05, 4.69) is 10.5 Å². The maximum atomic E-state index is 6.08. The number of benzene rings is 2. The van der Waals surface area contributed by atoms with Crippen LogP contribution in [0, 0.1) is 6.92 Å². The summed E-state index contributed by atoms with van der Waals surface area (Å²) >= 11 is 6.08. The lowest BCUT2D eigenvalue weighted by Gasteiger charge is -2.12. The lowest BCUT2D eigenvalue weighted by molar-refractivity contribution is 0.324. The third kappa shape index (κ3) is 4.07. The number of anilines is 1. The van der Waals surface area contributed by atoms with Gasteiger partial charge in [0.25, 0.3) is 0 Å². The molecule has 0 radical (unpaired) electrons. The Hall–Kier alpha value is -2.40. The fraction of sp³-hybridized carbons (Fsp3) is 0.235. The van der Waals surface area contributed by atoms with Crippen molar-refractivity contribution in [3.05, 3.63) is 46.5 Å². The maximum Gasteiger partial charge on any atom is 0.203 e. The molecule has 2 aromatic rings. The average Bonchev–Trinajstić information content (AvgIpc) is 2.57. The van der Waals surface area contributed by atoms with Crippen molar-refractivity contribution in [3.63, 3.8) is 0 Å². The molecule has 0 bridgehead atoms. The second-order valence-electron chi connectivity index (χ2n) is 4.79. The highest BCUT2D eigenvalue weighted by molar-refractivity contribution is 6.31. The number of methoxy groups -OCH3 is 3. The van der Waals surface area contributed by atoms with Crippen LogP contribution in [0.15, 0.2) is 35.4 Å². The van der Waals surface area contributed by atoms with E-state index in [-0.39, 0.29) is 0 Å². The molecule has 2 aromatic carbocycles. The van der Waals surface area contributed by atoms with Crippen molar-refractivity contribution in [1.82, 2.24) is 0 Å². The minimum absolute atomic E-state index is 0.547. The van der Waals surface area contributed by atoms with Crippen molar-refractivity contribution in [2.75, 3.05) is 26.8 Å². The molecule has 0 saturated carbocycles. The van der Waals surface area contributed by atoms with Crippen LogP contribution in [0.2, 0.25) is 5.02 Å². The number of aryl methyl sites for hydroxylation is 1. The molecule has 5 nitrogen and oxygen atoms in total. The standard InChI is InChI=1S/C17H19ClN2O3/c1-11-5-6-13(9-14(11)18)20-19-10-12-7-15(21-2)17(23-4)16(8-12)22-3/h5-10,20H,1-4H3/b19-10+. The second kappa shape index (κ2) is 7.74. The molecular weight excluding hydrogens is 316 g/mol. The van der Waals surface area contributed by atoms with Crippen LogP contribution in [0.5, 0.6) is 17.2 Å². The van der Waals surface area contributed by atoms with Crippen molar-refractivity contribution in [1.29, 1.82) is 0 Å². The van der Waals surface area contributed by atoms with E-state index in [1.165, 1.54) is 0 Å². The third-order valence-electron chi connectivity index (χ3n) is 3.27. The van der Waals surface area contributed by atoms with E-state index in [4.69, 9.17) is 25.8 Å². The van der Waals surface area contributed by atoms with Gasteiger partial charge in [-0.05, 0) is 36.8 Å². The van der Waals surface area contributed by atoms with E-state index >= 15 is 0 Å². The van der Waals surface area contributed by atoms with Gasteiger partial charge in [0.05, 0.1) is 33.2 Å². The molecule has 122 valence electrons. The summed E-state index contributed by atoms with van der Waals surface area (Å²) in [7, 11) is 4.71. The van der Waals surface area contributed by atoms with Crippen LogP contribution >= 0.6 is 11.6 Å². The van der Waals surface area contributed by atoms with Crippen molar-refractivity contribution in [3.8, 4) is 17.2 Å². The largest absolute Gasteiger partial charge is 0.493 e.